The molecule has 3 rings (SSSR count). The largest absolute Gasteiger partial charge is 0.496 e. The maximum atomic E-state index is 13.3. The second-order valence-electron chi connectivity index (χ2n) is 6.40. The van der Waals surface area contributed by atoms with Gasteiger partial charge in [-0.15, -0.1) is 0 Å². The lowest BCUT2D eigenvalue weighted by Gasteiger charge is -2.16. The summed E-state index contributed by atoms with van der Waals surface area (Å²) in [5, 5.41) is -1.31. The summed E-state index contributed by atoms with van der Waals surface area (Å²) in [6.07, 6.45) is 0. The van der Waals surface area contributed by atoms with Crippen molar-refractivity contribution in [2.24, 2.45) is 0 Å². The number of methoxy groups -OCH3 is 2. The summed E-state index contributed by atoms with van der Waals surface area (Å²) < 4.78 is 23.8. The molecule has 0 N–H and O–H groups in total. The molecule has 0 aromatic heterocycles. The quantitative estimate of drug-likeness (QED) is 0.196. The SMILES string of the molecule is COc1cccc(OC)c1C(=O)[PH](=O)c1c(Cl)c(Cl)c(C(=O)c2ccccc2)c(Cl)c1Cl. The fourth-order valence-corrected chi connectivity index (χ4v) is 6.11. The van der Waals surface area contributed by atoms with Crippen LogP contribution in [0.1, 0.15) is 26.3 Å². The van der Waals surface area contributed by atoms with Crippen LogP contribution in [0.2, 0.25) is 20.1 Å². The maximum absolute atomic E-state index is 13.3. The van der Waals surface area contributed by atoms with E-state index >= 15 is 0 Å². The van der Waals surface area contributed by atoms with Crippen molar-refractivity contribution < 1.29 is 23.6 Å². The average Bonchev–Trinajstić information content (AvgIpc) is 2.82. The van der Waals surface area contributed by atoms with Gasteiger partial charge in [-0.1, -0.05) is 82.8 Å². The van der Waals surface area contributed by atoms with Gasteiger partial charge in [0.1, 0.15) is 17.1 Å². The number of ether oxygens (including phenoxy) is 2. The van der Waals surface area contributed by atoms with E-state index in [0.29, 0.717) is 5.56 Å². The number of benzene rings is 3. The Morgan fingerprint density at radius 1 is 0.719 bits per heavy atom. The highest BCUT2D eigenvalue weighted by Crippen LogP contribution is 2.45. The Hall–Kier alpha value is -2.01. The molecule has 0 amide bonds. The minimum absolute atomic E-state index is 0.0368. The van der Waals surface area contributed by atoms with Gasteiger partial charge in [-0.25, -0.2) is 0 Å². The Bertz CT molecular complexity index is 1190. The highest BCUT2D eigenvalue weighted by molar-refractivity contribution is 7.72. The van der Waals surface area contributed by atoms with Crippen LogP contribution >= 0.6 is 54.2 Å². The second kappa shape index (κ2) is 10.3. The fraction of sp³-hybridized carbons (Fsp3) is 0.0909. The molecule has 0 saturated heterocycles. The fourth-order valence-electron chi connectivity index (χ4n) is 3.07. The van der Waals surface area contributed by atoms with Crippen molar-refractivity contribution in [3.8, 4) is 11.5 Å². The summed E-state index contributed by atoms with van der Waals surface area (Å²) in [5.41, 5.74) is -0.693. The number of ketones is 1. The van der Waals surface area contributed by atoms with Gasteiger partial charge in [0.25, 0.3) is 0 Å². The third-order valence-corrected chi connectivity index (χ3v) is 8.25. The van der Waals surface area contributed by atoms with Crippen LogP contribution in [0.3, 0.4) is 0 Å². The Morgan fingerprint density at radius 3 is 1.69 bits per heavy atom. The molecule has 166 valence electrons. The summed E-state index contributed by atoms with van der Waals surface area (Å²) in [6, 6.07) is 12.9. The molecule has 0 saturated carbocycles. The molecule has 0 aliphatic heterocycles. The Balaban J connectivity index is 2.16. The molecule has 3 aromatic rings. The molecule has 1 unspecified atom stereocenters. The van der Waals surface area contributed by atoms with Crippen LogP contribution in [0.15, 0.2) is 48.5 Å². The monoisotopic (exact) mass is 530 g/mol. The molecule has 0 bridgehead atoms. The standard InChI is InChI=1S/C22H15Cl4O5P/c1-30-12-9-6-10-13(31-2)14(12)22(28)32(29)21-18(25)16(23)15(17(24)19(21)26)20(27)11-7-4-3-5-8-11/h3-10,32H,1-2H3. The molecule has 0 aliphatic carbocycles. The number of hydrogen-bond acceptors (Lipinski definition) is 5. The van der Waals surface area contributed by atoms with E-state index in [9.17, 15) is 14.2 Å². The first-order valence-corrected chi connectivity index (χ1v) is 11.9. The van der Waals surface area contributed by atoms with Gasteiger partial charge in [-0.2, -0.15) is 0 Å². The molecule has 0 heterocycles. The van der Waals surface area contributed by atoms with Crippen LogP contribution in [0.25, 0.3) is 0 Å². The Kier molecular flexibility index (Phi) is 7.92. The lowest BCUT2D eigenvalue weighted by atomic mass is 10.0. The summed E-state index contributed by atoms with van der Waals surface area (Å²) >= 11 is 25.4. The number of carbonyl (C=O) groups is 2. The summed E-state index contributed by atoms with van der Waals surface area (Å²) in [7, 11) is -0.641. The molecule has 5 nitrogen and oxygen atoms in total. The van der Waals surface area contributed by atoms with E-state index in [2.05, 4.69) is 0 Å². The van der Waals surface area contributed by atoms with Gasteiger partial charge in [-0.3, -0.25) is 9.59 Å². The third-order valence-electron chi connectivity index (χ3n) is 4.61. The molecule has 1 atom stereocenters. The van der Waals surface area contributed by atoms with Crippen molar-refractivity contribution in [2.75, 3.05) is 14.2 Å². The van der Waals surface area contributed by atoms with Gasteiger partial charge in [-0.05, 0) is 12.1 Å². The topological polar surface area (TPSA) is 69.7 Å². The highest BCUT2D eigenvalue weighted by Gasteiger charge is 2.32. The molecular formula is C22H15Cl4O5P. The van der Waals surface area contributed by atoms with Crippen LogP contribution in [0, 0.1) is 0 Å². The van der Waals surface area contributed by atoms with Crippen molar-refractivity contribution >= 4 is 70.8 Å². The smallest absolute Gasteiger partial charge is 0.230 e. The van der Waals surface area contributed by atoms with Crippen LogP contribution < -0.4 is 14.8 Å². The van der Waals surface area contributed by atoms with E-state index in [4.69, 9.17) is 55.9 Å². The first kappa shape index (κ1) is 24.6. The molecule has 10 heteroatoms. The minimum Gasteiger partial charge on any atom is -0.496 e. The average molecular weight is 532 g/mol. The molecule has 0 radical (unpaired) electrons. The second-order valence-corrected chi connectivity index (χ2v) is 9.52. The van der Waals surface area contributed by atoms with Crippen molar-refractivity contribution in [2.45, 2.75) is 0 Å². The van der Waals surface area contributed by atoms with Gasteiger partial charge in [0.05, 0.1) is 45.2 Å². The number of halogens is 4. The van der Waals surface area contributed by atoms with Gasteiger partial charge in [0.2, 0.25) is 5.52 Å². The normalized spacial score (nSPS) is 11.7. The van der Waals surface area contributed by atoms with E-state index < -0.39 is 19.1 Å². The van der Waals surface area contributed by atoms with Crippen molar-refractivity contribution in [3.05, 3.63) is 85.3 Å². The summed E-state index contributed by atoms with van der Waals surface area (Å²) in [5.74, 6) is -0.200. The lowest BCUT2D eigenvalue weighted by Crippen LogP contribution is -2.14. The summed E-state index contributed by atoms with van der Waals surface area (Å²) in [4.78, 5) is 26.1. The van der Waals surface area contributed by atoms with E-state index in [-0.39, 0.29) is 48.0 Å². The molecule has 3 aromatic carbocycles. The van der Waals surface area contributed by atoms with Crippen LogP contribution in [0.4, 0.5) is 0 Å². The first-order valence-electron chi connectivity index (χ1n) is 9.00. The van der Waals surface area contributed by atoms with Crippen molar-refractivity contribution in [3.63, 3.8) is 0 Å². The van der Waals surface area contributed by atoms with Crippen LogP contribution in [-0.2, 0) is 4.57 Å². The number of rotatable bonds is 7. The molecular weight excluding hydrogens is 517 g/mol. The van der Waals surface area contributed by atoms with Gasteiger partial charge in [0.15, 0.2) is 13.6 Å². The molecule has 0 spiro atoms. The van der Waals surface area contributed by atoms with E-state index in [1.165, 1.54) is 26.4 Å². The highest BCUT2D eigenvalue weighted by atomic mass is 35.5. The maximum Gasteiger partial charge on any atom is 0.230 e. The zero-order valence-electron chi connectivity index (χ0n) is 16.7. The number of carbonyl (C=O) groups excluding carboxylic acids is 2. The molecule has 0 aliphatic rings. The van der Waals surface area contributed by atoms with E-state index in [1.54, 1.807) is 36.4 Å². The van der Waals surface area contributed by atoms with Gasteiger partial charge < -0.3 is 14.0 Å². The zero-order chi connectivity index (χ0) is 23.6. The summed E-state index contributed by atoms with van der Waals surface area (Å²) in [6.45, 7) is 0. The first-order chi connectivity index (χ1) is 15.2. The Labute approximate surface area is 204 Å². The zero-order valence-corrected chi connectivity index (χ0v) is 20.7. The third kappa shape index (κ3) is 4.41. The van der Waals surface area contributed by atoms with Crippen molar-refractivity contribution in [1.82, 2.24) is 0 Å². The van der Waals surface area contributed by atoms with E-state index in [1.807, 2.05) is 0 Å². The van der Waals surface area contributed by atoms with Gasteiger partial charge in [0, 0.05) is 5.56 Å². The lowest BCUT2D eigenvalue weighted by molar-refractivity contribution is 0.103. The molecule has 0 fully saturated rings. The van der Waals surface area contributed by atoms with E-state index in [0.717, 1.165) is 0 Å². The minimum atomic E-state index is -3.36. The number of hydrogen-bond donors (Lipinski definition) is 0. The predicted octanol–water partition coefficient (Wildman–Crippen LogP) is 6.57. The molecule has 32 heavy (non-hydrogen) atoms. The van der Waals surface area contributed by atoms with Crippen molar-refractivity contribution in [1.29, 1.82) is 0 Å². The van der Waals surface area contributed by atoms with Gasteiger partial charge >= 0.3 is 0 Å². The van der Waals surface area contributed by atoms with Crippen LogP contribution in [0.5, 0.6) is 11.5 Å². The van der Waals surface area contributed by atoms with Crippen LogP contribution in [-0.4, -0.2) is 25.5 Å². The Morgan fingerprint density at radius 2 is 1.22 bits per heavy atom. The predicted molar refractivity (Wildman–Crippen MR) is 129 cm³/mol.